The van der Waals surface area contributed by atoms with Gasteiger partial charge in [0.15, 0.2) is 11.5 Å². The van der Waals surface area contributed by atoms with Gasteiger partial charge in [-0.1, -0.05) is 0 Å². The lowest BCUT2D eigenvalue weighted by molar-refractivity contribution is -0.143. The van der Waals surface area contributed by atoms with Crippen LogP contribution in [0.3, 0.4) is 0 Å². The third-order valence-corrected chi connectivity index (χ3v) is 4.97. The Balaban J connectivity index is 1.77. The summed E-state index contributed by atoms with van der Waals surface area (Å²) in [4.78, 5) is 14.6. The highest BCUT2D eigenvalue weighted by molar-refractivity contribution is 6.07. The monoisotopic (exact) mass is 433 g/mol. The molecule has 0 fully saturated rings. The molecule has 8 nitrogen and oxygen atoms in total. The predicted octanol–water partition coefficient (Wildman–Crippen LogP) is 3.29. The number of benzene rings is 1. The first-order valence-corrected chi connectivity index (χ1v) is 9.35. The van der Waals surface area contributed by atoms with Crippen LogP contribution < -0.4 is 14.4 Å². The van der Waals surface area contributed by atoms with Gasteiger partial charge in [-0.2, -0.15) is 18.3 Å². The highest BCUT2D eigenvalue weighted by atomic mass is 19.4. The highest BCUT2D eigenvalue weighted by Gasteiger charge is 2.42. The molecule has 162 valence electrons. The number of anilines is 1. The molecule has 0 unspecified atom stereocenters. The van der Waals surface area contributed by atoms with Gasteiger partial charge in [0.2, 0.25) is 5.88 Å². The number of ether oxygens (including phenoxy) is 2. The van der Waals surface area contributed by atoms with Crippen molar-refractivity contribution in [3.05, 3.63) is 53.3 Å². The third-order valence-electron chi connectivity index (χ3n) is 4.97. The lowest BCUT2D eigenvalue weighted by atomic mass is 10.0. The van der Waals surface area contributed by atoms with E-state index in [4.69, 9.17) is 9.47 Å². The van der Waals surface area contributed by atoms with Crippen LogP contribution >= 0.6 is 0 Å². The second kappa shape index (κ2) is 7.89. The number of amides is 1. The van der Waals surface area contributed by atoms with Crippen molar-refractivity contribution in [1.29, 1.82) is 0 Å². The topological polar surface area (TPSA) is 82.4 Å². The van der Waals surface area contributed by atoms with Crippen molar-refractivity contribution >= 4 is 11.6 Å². The van der Waals surface area contributed by atoms with Crippen molar-refractivity contribution in [3.8, 4) is 17.4 Å². The summed E-state index contributed by atoms with van der Waals surface area (Å²) < 4.78 is 52.6. The first-order valence-electron chi connectivity index (χ1n) is 9.35. The number of halogens is 3. The molecule has 0 aliphatic carbocycles. The molecule has 1 aliphatic rings. The van der Waals surface area contributed by atoms with Crippen molar-refractivity contribution in [1.82, 2.24) is 20.0 Å². The maximum atomic E-state index is 14.0. The highest BCUT2D eigenvalue weighted by Crippen LogP contribution is 2.36. The summed E-state index contributed by atoms with van der Waals surface area (Å²) in [5.74, 6) is -0.210. The number of hydrogen-bond acceptors (Lipinski definition) is 6. The zero-order chi connectivity index (χ0) is 22.2. The van der Waals surface area contributed by atoms with Crippen LogP contribution in [0.5, 0.6) is 11.6 Å². The maximum absolute atomic E-state index is 14.0. The number of alkyl halides is 3. The molecule has 0 spiro atoms. The van der Waals surface area contributed by atoms with Gasteiger partial charge in [-0.25, -0.2) is 4.68 Å². The van der Waals surface area contributed by atoms with Crippen molar-refractivity contribution < 1.29 is 27.4 Å². The summed E-state index contributed by atoms with van der Waals surface area (Å²) in [6, 6.07) is 7.78. The molecule has 3 heterocycles. The second-order valence-corrected chi connectivity index (χ2v) is 6.81. The van der Waals surface area contributed by atoms with Gasteiger partial charge in [-0.05, 0) is 42.7 Å². The number of carbonyl (C=O) groups is 1. The number of aryl methyl sites for hydroxylation is 1. The number of carbonyl (C=O) groups excluding carboxylic acids is 1. The minimum absolute atomic E-state index is 0.140. The number of rotatable bonds is 4. The fraction of sp³-hybridized carbons (Fsp3) is 0.300. The molecule has 0 saturated heterocycles. The van der Waals surface area contributed by atoms with Crippen LogP contribution in [0.2, 0.25) is 0 Å². The molecular weight excluding hydrogens is 415 g/mol. The Morgan fingerprint density at radius 1 is 1.10 bits per heavy atom. The molecule has 11 heteroatoms. The Bertz CT molecular complexity index is 1110. The summed E-state index contributed by atoms with van der Waals surface area (Å²) in [7, 11) is 2.89. The molecule has 0 N–H and O–H groups in total. The second-order valence-electron chi connectivity index (χ2n) is 6.81. The van der Waals surface area contributed by atoms with Crippen LogP contribution in [-0.4, -0.2) is 46.6 Å². The van der Waals surface area contributed by atoms with E-state index < -0.39 is 23.3 Å². The summed E-state index contributed by atoms with van der Waals surface area (Å²) in [5.41, 5.74) is -0.380. The third kappa shape index (κ3) is 3.78. The van der Waals surface area contributed by atoms with Crippen molar-refractivity contribution in [2.24, 2.45) is 0 Å². The van der Waals surface area contributed by atoms with Gasteiger partial charge in [-0.3, -0.25) is 4.79 Å². The summed E-state index contributed by atoms with van der Waals surface area (Å²) in [5, 5.41) is 11.2. The Morgan fingerprint density at radius 2 is 1.90 bits per heavy atom. The fourth-order valence-electron chi connectivity index (χ4n) is 3.54. The molecule has 3 aromatic rings. The molecule has 0 bridgehead atoms. The van der Waals surface area contributed by atoms with E-state index in [0.717, 1.165) is 11.8 Å². The molecule has 1 amide bonds. The molecule has 0 saturated carbocycles. The lowest BCUT2D eigenvalue weighted by Gasteiger charge is -2.30. The van der Waals surface area contributed by atoms with E-state index in [1.807, 2.05) is 0 Å². The maximum Gasteiger partial charge on any atom is 0.434 e. The van der Waals surface area contributed by atoms with Gasteiger partial charge >= 0.3 is 6.18 Å². The van der Waals surface area contributed by atoms with Crippen LogP contribution in [0, 0.1) is 0 Å². The minimum Gasteiger partial charge on any atom is -0.497 e. The normalized spacial score (nSPS) is 13.6. The molecule has 4 rings (SSSR count). The van der Waals surface area contributed by atoms with E-state index in [2.05, 4.69) is 15.3 Å². The van der Waals surface area contributed by atoms with Gasteiger partial charge in [0.1, 0.15) is 5.75 Å². The van der Waals surface area contributed by atoms with Gasteiger partial charge in [0, 0.05) is 18.3 Å². The average molecular weight is 433 g/mol. The van der Waals surface area contributed by atoms with Crippen LogP contribution in [0.25, 0.3) is 5.82 Å². The van der Waals surface area contributed by atoms with E-state index in [1.165, 1.54) is 31.3 Å². The molecular formula is C20H18F3N5O3. The Labute approximate surface area is 175 Å². The van der Waals surface area contributed by atoms with E-state index >= 15 is 0 Å². The Kier molecular flexibility index (Phi) is 5.25. The zero-order valence-electron chi connectivity index (χ0n) is 16.7. The smallest absolute Gasteiger partial charge is 0.434 e. The fourth-order valence-corrected chi connectivity index (χ4v) is 3.54. The molecule has 1 aliphatic heterocycles. The minimum atomic E-state index is -4.85. The zero-order valence-corrected chi connectivity index (χ0v) is 16.7. The van der Waals surface area contributed by atoms with E-state index in [9.17, 15) is 18.0 Å². The van der Waals surface area contributed by atoms with Gasteiger partial charge in [-0.15, -0.1) is 10.2 Å². The van der Waals surface area contributed by atoms with Crippen LogP contribution in [0.1, 0.15) is 28.0 Å². The summed E-state index contributed by atoms with van der Waals surface area (Å²) in [6.45, 7) is 0.295. The Morgan fingerprint density at radius 3 is 2.55 bits per heavy atom. The lowest BCUT2D eigenvalue weighted by Crippen LogP contribution is -2.36. The van der Waals surface area contributed by atoms with Crippen LogP contribution in [0.4, 0.5) is 18.9 Å². The summed E-state index contributed by atoms with van der Waals surface area (Å²) >= 11 is 0. The number of aromatic nitrogens is 4. The Hall–Kier alpha value is -3.63. The quantitative estimate of drug-likeness (QED) is 0.628. The molecule has 1 aromatic carbocycles. The molecule has 2 aromatic heterocycles. The van der Waals surface area contributed by atoms with Crippen molar-refractivity contribution in [2.75, 3.05) is 25.7 Å². The van der Waals surface area contributed by atoms with Gasteiger partial charge in [0.05, 0.1) is 26.0 Å². The SMILES string of the molecule is COc1ccc2c(c1)CCCN2C(=O)c1cnn(-c2ccc(OC)nn2)c1C(F)(F)F. The van der Waals surface area contributed by atoms with E-state index in [0.29, 0.717) is 35.5 Å². The standard InChI is InChI=1S/C20H18F3N5O3/c1-30-13-5-6-15-12(10-13)4-3-9-27(15)19(29)14-11-24-28(18(14)20(21,22)23)16-7-8-17(31-2)26-25-16/h5-8,10-11H,3-4,9H2,1-2H3. The number of fused-ring (bicyclic) bond motifs is 1. The van der Waals surface area contributed by atoms with Crippen LogP contribution in [-0.2, 0) is 12.6 Å². The first kappa shape index (κ1) is 20.6. The number of methoxy groups -OCH3 is 2. The van der Waals surface area contributed by atoms with Gasteiger partial charge < -0.3 is 14.4 Å². The molecule has 0 radical (unpaired) electrons. The summed E-state index contributed by atoms with van der Waals surface area (Å²) in [6.07, 6.45) is -2.62. The van der Waals surface area contributed by atoms with E-state index in [-0.39, 0.29) is 11.7 Å². The van der Waals surface area contributed by atoms with Crippen LogP contribution in [0.15, 0.2) is 36.5 Å². The van der Waals surface area contributed by atoms with Crippen molar-refractivity contribution in [2.45, 2.75) is 19.0 Å². The van der Waals surface area contributed by atoms with Crippen molar-refractivity contribution in [3.63, 3.8) is 0 Å². The number of hydrogen-bond donors (Lipinski definition) is 0. The average Bonchev–Trinajstić information content (AvgIpc) is 3.23. The number of nitrogens with zero attached hydrogens (tertiary/aromatic N) is 5. The van der Waals surface area contributed by atoms with E-state index in [1.54, 1.807) is 18.2 Å². The predicted molar refractivity (Wildman–Crippen MR) is 104 cm³/mol. The van der Waals surface area contributed by atoms with Gasteiger partial charge in [0.25, 0.3) is 5.91 Å². The largest absolute Gasteiger partial charge is 0.497 e. The molecule has 31 heavy (non-hydrogen) atoms. The molecule has 0 atom stereocenters. The first-order chi connectivity index (χ1) is 14.8.